The van der Waals surface area contributed by atoms with Crippen LogP contribution in [-0.2, 0) is 0 Å². The Morgan fingerprint density at radius 1 is 1.11 bits per heavy atom. The second-order valence-electron chi connectivity index (χ2n) is 4.58. The van der Waals surface area contributed by atoms with E-state index in [0.29, 0.717) is 30.3 Å². The maximum absolute atomic E-state index is 12.3. The summed E-state index contributed by atoms with van der Waals surface area (Å²) in [7, 11) is 0. The smallest absolute Gasteiger partial charge is 0.165 e. The molecule has 1 rings (SSSR count). The lowest BCUT2D eigenvalue weighted by Crippen LogP contribution is -2.11. The van der Waals surface area contributed by atoms with Crippen molar-refractivity contribution in [2.75, 3.05) is 13.2 Å². The van der Waals surface area contributed by atoms with Gasteiger partial charge in [-0.1, -0.05) is 20.3 Å². The average molecular weight is 264 g/mol. The molecule has 0 aliphatic rings. The number of hydrogen-bond acceptors (Lipinski definition) is 3. The summed E-state index contributed by atoms with van der Waals surface area (Å²) in [6.07, 6.45) is 1.93. The third-order valence-corrected chi connectivity index (χ3v) is 3.00. The number of Topliss-reactive ketones (excluding diaryl/α,β-unsaturated/α-hetero) is 1. The topological polar surface area (TPSA) is 35.5 Å². The first-order valence-electron chi connectivity index (χ1n) is 7.07. The highest BCUT2D eigenvalue weighted by molar-refractivity contribution is 5.98. The van der Waals surface area contributed by atoms with Crippen molar-refractivity contribution in [2.24, 2.45) is 5.92 Å². The number of ketones is 1. The van der Waals surface area contributed by atoms with Crippen molar-refractivity contribution < 1.29 is 14.3 Å². The molecule has 0 aliphatic heterocycles. The molecule has 0 saturated heterocycles. The van der Waals surface area contributed by atoms with Gasteiger partial charge < -0.3 is 9.47 Å². The molecule has 106 valence electrons. The minimum absolute atomic E-state index is 0.0532. The zero-order valence-corrected chi connectivity index (χ0v) is 12.4. The van der Waals surface area contributed by atoms with Crippen LogP contribution in [0, 0.1) is 5.92 Å². The van der Waals surface area contributed by atoms with E-state index in [1.807, 2.05) is 32.9 Å². The normalized spacial score (nSPS) is 12.0. The van der Waals surface area contributed by atoms with Crippen LogP contribution in [0.25, 0.3) is 0 Å². The molecule has 0 saturated carbocycles. The van der Waals surface area contributed by atoms with E-state index in [1.54, 1.807) is 6.07 Å². The summed E-state index contributed by atoms with van der Waals surface area (Å²) in [5.74, 6) is 1.58. The van der Waals surface area contributed by atoms with Gasteiger partial charge in [0, 0.05) is 11.5 Å². The Hall–Kier alpha value is -1.51. The number of ether oxygens (including phenoxy) is 2. The van der Waals surface area contributed by atoms with Crippen molar-refractivity contribution in [1.82, 2.24) is 0 Å². The van der Waals surface area contributed by atoms with Crippen LogP contribution in [0.4, 0.5) is 0 Å². The summed E-state index contributed by atoms with van der Waals surface area (Å²) in [5, 5.41) is 0. The van der Waals surface area contributed by atoms with Gasteiger partial charge in [0.05, 0.1) is 13.2 Å². The van der Waals surface area contributed by atoms with E-state index in [9.17, 15) is 4.79 Å². The van der Waals surface area contributed by atoms with Gasteiger partial charge in [-0.15, -0.1) is 0 Å². The number of benzene rings is 1. The maximum atomic E-state index is 12.3. The molecular formula is C16H24O3. The van der Waals surface area contributed by atoms with Crippen LogP contribution < -0.4 is 9.47 Å². The molecule has 3 heteroatoms. The van der Waals surface area contributed by atoms with Gasteiger partial charge in [-0.3, -0.25) is 4.79 Å². The number of hydrogen-bond donors (Lipinski definition) is 0. The fourth-order valence-electron chi connectivity index (χ4n) is 2.05. The lowest BCUT2D eigenvalue weighted by molar-refractivity contribution is 0.0923. The summed E-state index contributed by atoms with van der Waals surface area (Å²) in [4.78, 5) is 12.3. The molecule has 0 bridgehead atoms. The molecule has 0 amide bonds. The SMILES string of the molecule is CCCC(C)C(=O)c1ccc(OCC)c(OCC)c1. The summed E-state index contributed by atoms with van der Waals surface area (Å²) in [6, 6.07) is 5.44. The third kappa shape index (κ3) is 4.27. The van der Waals surface area contributed by atoms with Crippen molar-refractivity contribution in [1.29, 1.82) is 0 Å². The molecule has 3 nitrogen and oxygen atoms in total. The lowest BCUT2D eigenvalue weighted by Gasteiger charge is -2.14. The van der Waals surface area contributed by atoms with E-state index >= 15 is 0 Å². The van der Waals surface area contributed by atoms with Gasteiger partial charge in [-0.05, 0) is 38.5 Å². The minimum atomic E-state index is 0.0532. The van der Waals surface area contributed by atoms with Crippen LogP contribution in [-0.4, -0.2) is 19.0 Å². The van der Waals surface area contributed by atoms with E-state index in [1.165, 1.54) is 0 Å². The summed E-state index contributed by atoms with van der Waals surface area (Å²) in [5.41, 5.74) is 0.702. The number of rotatable bonds is 8. The lowest BCUT2D eigenvalue weighted by atomic mass is 9.95. The molecule has 0 spiro atoms. The Kier molecular flexibility index (Phi) is 6.40. The van der Waals surface area contributed by atoms with Crippen LogP contribution in [0.3, 0.4) is 0 Å². The Labute approximate surface area is 115 Å². The molecule has 1 aromatic carbocycles. The monoisotopic (exact) mass is 264 g/mol. The fraction of sp³-hybridized carbons (Fsp3) is 0.562. The number of carbonyl (C=O) groups is 1. The summed E-state index contributed by atoms with van der Waals surface area (Å²) < 4.78 is 11.0. The second kappa shape index (κ2) is 7.82. The molecular weight excluding hydrogens is 240 g/mol. The predicted molar refractivity (Wildman–Crippen MR) is 77.2 cm³/mol. The molecule has 0 N–H and O–H groups in total. The highest BCUT2D eigenvalue weighted by atomic mass is 16.5. The molecule has 0 radical (unpaired) electrons. The first kappa shape index (κ1) is 15.5. The predicted octanol–water partition coefficient (Wildman–Crippen LogP) is 4.10. The highest BCUT2D eigenvalue weighted by Gasteiger charge is 2.16. The van der Waals surface area contributed by atoms with E-state index in [0.717, 1.165) is 12.8 Å². The zero-order valence-electron chi connectivity index (χ0n) is 12.4. The van der Waals surface area contributed by atoms with Crippen molar-refractivity contribution >= 4 is 5.78 Å². The molecule has 1 unspecified atom stereocenters. The molecule has 0 fully saturated rings. The van der Waals surface area contributed by atoms with Gasteiger partial charge >= 0.3 is 0 Å². The quantitative estimate of drug-likeness (QED) is 0.663. The van der Waals surface area contributed by atoms with Crippen molar-refractivity contribution in [3.63, 3.8) is 0 Å². The van der Waals surface area contributed by atoms with Gasteiger partial charge in [0.15, 0.2) is 17.3 Å². The van der Waals surface area contributed by atoms with Gasteiger partial charge in [0.25, 0.3) is 0 Å². The second-order valence-corrected chi connectivity index (χ2v) is 4.58. The van der Waals surface area contributed by atoms with Gasteiger partial charge in [0.2, 0.25) is 0 Å². The Balaban J connectivity index is 2.96. The Bertz CT molecular complexity index is 412. The van der Waals surface area contributed by atoms with E-state index in [4.69, 9.17) is 9.47 Å². The summed E-state index contributed by atoms with van der Waals surface area (Å²) >= 11 is 0. The van der Waals surface area contributed by atoms with Gasteiger partial charge in [-0.2, -0.15) is 0 Å². The van der Waals surface area contributed by atoms with Gasteiger partial charge in [0.1, 0.15) is 0 Å². The molecule has 1 aromatic rings. The third-order valence-electron chi connectivity index (χ3n) is 3.00. The molecule has 0 aliphatic carbocycles. The summed E-state index contributed by atoms with van der Waals surface area (Å²) in [6.45, 7) is 9.06. The van der Waals surface area contributed by atoms with E-state index < -0.39 is 0 Å². The number of carbonyl (C=O) groups excluding carboxylic acids is 1. The highest BCUT2D eigenvalue weighted by Crippen LogP contribution is 2.29. The van der Waals surface area contributed by atoms with Crippen LogP contribution in [0.15, 0.2) is 18.2 Å². The molecule has 0 heterocycles. The minimum Gasteiger partial charge on any atom is -0.490 e. The maximum Gasteiger partial charge on any atom is 0.165 e. The Morgan fingerprint density at radius 3 is 2.32 bits per heavy atom. The van der Waals surface area contributed by atoms with Crippen molar-refractivity contribution in [3.05, 3.63) is 23.8 Å². The Morgan fingerprint density at radius 2 is 1.74 bits per heavy atom. The van der Waals surface area contributed by atoms with Crippen LogP contribution in [0.5, 0.6) is 11.5 Å². The average Bonchev–Trinajstić information content (AvgIpc) is 2.40. The van der Waals surface area contributed by atoms with Crippen LogP contribution >= 0.6 is 0 Å². The molecule has 1 atom stereocenters. The zero-order chi connectivity index (χ0) is 14.3. The fourth-order valence-corrected chi connectivity index (χ4v) is 2.05. The van der Waals surface area contributed by atoms with Gasteiger partial charge in [-0.25, -0.2) is 0 Å². The molecule has 19 heavy (non-hydrogen) atoms. The van der Waals surface area contributed by atoms with Crippen molar-refractivity contribution in [2.45, 2.75) is 40.5 Å². The van der Waals surface area contributed by atoms with E-state index in [-0.39, 0.29) is 11.7 Å². The van der Waals surface area contributed by atoms with E-state index in [2.05, 4.69) is 6.92 Å². The first-order valence-corrected chi connectivity index (χ1v) is 7.07. The van der Waals surface area contributed by atoms with Crippen LogP contribution in [0.2, 0.25) is 0 Å². The largest absolute Gasteiger partial charge is 0.490 e. The van der Waals surface area contributed by atoms with Crippen molar-refractivity contribution in [3.8, 4) is 11.5 Å². The standard InChI is InChI=1S/C16H24O3/c1-5-8-12(4)16(17)13-9-10-14(18-6-2)15(11-13)19-7-3/h9-12H,5-8H2,1-4H3. The molecule has 0 aromatic heterocycles. The van der Waals surface area contributed by atoms with Crippen LogP contribution in [0.1, 0.15) is 50.9 Å². The first-order chi connectivity index (χ1) is 9.13.